The second-order valence-corrected chi connectivity index (χ2v) is 4.03. The molecule has 4 heteroatoms. The first-order chi connectivity index (χ1) is 9.70. The predicted octanol–water partition coefficient (Wildman–Crippen LogP) is 2.85. The summed E-state index contributed by atoms with van der Waals surface area (Å²) in [4.78, 5) is 0. The number of rotatable bonds is 3. The summed E-state index contributed by atoms with van der Waals surface area (Å²) in [5, 5.41) is 0. The van der Waals surface area contributed by atoms with Gasteiger partial charge in [-0.2, -0.15) is 0 Å². The molecule has 2 N–H and O–H groups in total. The Morgan fingerprint density at radius 3 is 2.65 bits per heavy atom. The van der Waals surface area contributed by atoms with Gasteiger partial charge in [0.1, 0.15) is 12.4 Å². The molecule has 0 aliphatic rings. The van der Waals surface area contributed by atoms with Crippen molar-refractivity contribution in [3.8, 4) is 17.6 Å². The zero-order valence-electron chi connectivity index (χ0n) is 10.7. The van der Waals surface area contributed by atoms with Gasteiger partial charge in [-0.15, -0.1) is 0 Å². The fraction of sp³-hybridized carbons (Fsp3) is 0.125. The van der Waals surface area contributed by atoms with Crippen molar-refractivity contribution in [1.29, 1.82) is 0 Å². The molecule has 0 aliphatic carbocycles. The van der Waals surface area contributed by atoms with Crippen molar-refractivity contribution in [1.82, 2.24) is 0 Å². The van der Waals surface area contributed by atoms with Crippen molar-refractivity contribution in [2.45, 2.75) is 6.61 Å². The van der Waals surface area contributed by atoms with Gasteiger partial charge in [0.05, 0.1) is 6.54 Å². The monoisotopic (exact) mass is 273 g/mol. The largest absolute Gasteiger partial charge is 0.486 e. The lowest BCUT2D eigenvalue weighted by Gasteiger charge is -2.09. The lowest BCUT2D eigenvalue weighted by Crippen LogP contribution is -2.01. The number of hydrogen-bond acceptors (Lipinski definition) is 2. The van der Waals surface area contributed by atoms with Crippen LogP contribution in [-0.4, -0.2) is 6.54 Å². The molecule has 102 valence electrons. The van der Waals surface area contributed by atoms with Crippen LogP contribution in [0.15, 0.2) is 42.5 Å². The molecule has 0 unspecified atom stereocenters. The second kappa shape index (κ2) is 6.69. The third-order valence-electron chi connectivity index (χ3n) is 2.62. The van der Waals surface area contributed by atoms with E-state index in [2.05, 4.69) is 11.8 Å². The number of hydrogen-bond donors (Lipinski definition) is 1. The molecule has 0 saturated heterocycles. The summed E-state index contributed by atoms with van der Waals surface area (Å²) in [7, 11) is 0. The maximum Gasteiger partial charge on any atom is 0.165 e. The first-order valence-electron chi connectivity index (χ1n) is 6.05. The highest BCUT2D eigenvalue weighted by Gasteiger charge is 2.06. The molecule has 0 bridgehead atoms. The third kappa shape index (κ3) is 3.56. The van der Waals surface area contributed by atoms with Gasteiger partial charge in [-0.05, 0) is 24.3 Å². The van der Waals surface area contributed by atoms with E-state index >= 15 is 0 Å². The smallest absolute Gasteiger partial charge is 0.165 e. The van der Waals surface area contributed by atoms with Crippen LogP contribution in [0.5, 0.6) is 5.75 Å². The molecule has 0 aliphatic heterocycles. The Hall–Kier alpha value is -2.38. The van der Waals surface area contributed by atoms with Crippen LogP contribution >= 0.6 is 0 Å². The first kappa shape index (κ1) is 14.0. The first-order valence-corrected chi connectivity index (χ1v) is 6.05. The molecule has 0 fully saturated rings. The summed E-state index contributed by atoms with van der Waals surface area (Å²) < 4.78 is 32.0. The zero-order valence-corrected chi connectivity index (χ0v) is 10.7. The molecule has 0 amide bonds. The summed E-state index contributed by atoms with van der Waals surface area (Å²) in [5.74, 6) is 4.76. The van der Waals surface area contributed by atoms with Crippen LogP contribution in [-0.2, 0) is 6.61 Å². The molecule has 0 aromatic heterocycles. The molecule has 0 radical (unpaired) electrons. The van der Waals surface area contributed by atoms with Crippen molar-refractivity contribution in [2.24, 2.45) is 5.73 Å². The minimum Gasteiger partial charge on any atom is -0.486 e. The molecule has 2 aromatic carbocycles. The normalized spacial score (nSPS) is 9.75. The molecular weight excluding hydrogens is 260 g/mol. The number of benzene rings is 2. The standard InChI is InChI=1S/C16H13F2NO/c17-14-8-7-13(12(10-14)4-3-9-19)11-20-16-6-2-1-5-15(16)18/h1-2,5-8,10H,9,11,19H2. The summed E-state index contributed by atoms with van der Waals surface area (Å²) >= 11 is 0. The van der Waals surface area contributed by atoms with E-state index in [1.807, 2.05) is 0 Å². The van der Waals surface area contributed by atoms with Crippen LogP contribution in [0.25, 0.3) is 0 Å². The van der Waals surface area contributed by atoms with Crippen molar-refractivity contribution >= 4 is 0 Å². The number of nitrogens with two attached hydrogens (primary N) is 1. The number of halogens is 2. The van der Waals surface area contributed by atoms with E-state index in [0.29, 0.717) is 11.1 Å². The van der Waals surface area contributed by atoms with Crippen molar-refractivity contribution in [2.75, 3.05) is 6.54 Å². The second-order valence-electron chi connectivity index (χ2n) is 4.03. The zero-order chi connectivity index (χ0) is 14.4. The molecule has 0 saturated carbocycles. The van der Waals surface area contributed by atoms with Gasteiger partial charge in [0.15, 0.2) is 11.6 Å². The van der Waals surface area contributed by atoms with Crippen molar-refractivity contribution in [3.05, 3.63) is 65.2 Å². The van der Waals surface area contributed by atoms with Gasteiger partial charge in [-0.25, -0.2) is 8.78 Å². The summed E-state index contributed by atoms with van der Waals surface area (Å²) in [6, 6.07) is 10.3. The Kier molecular flexibility index (Phi) is 4.70. The van der Waals surface area contributed by atoms with Gasteiger partial charge >= 0.3 is 0 Å². The van der Waals surface area contributed by atoms with Gasteiger partial charge in [-0.3, -0.25) is 0 Å². The molecule has 20 heavy (non-hydrogen) atoms. The predicted molar refractivity (Wildman–Crippen MR) is 73.1 cm³/mol. The van der Waals surface area contributed by atoms with Crippen LogP contribution in [0.4, 0.5) is 8.78 Å². The highest BCUT2D eigenvalue weighted by Crippen LogP contribution is 2.18. The van der Waals surface area contributed by atoms with Gasteiger partial charge in [-0.1, -0.05) is 30.0 Å². The fourth-order valence-corrected chi connectivity index (χ4v) is 1.65. The van der Waals surface area contributed by atoms with E-state index < -0.39 is 5.82 Å². The molecule has 2 rings (SSSR count). The highest BCUT2D eigenvalue weighted by molar-refractivity contribution is 5.42. The van der Waals surface area contributed by atoms with Gasteiger partial charge in [0.2, 0.25) is 0 Å². The topological polar surface area (TPSA) is 35.2 Å². The van der Waals surface area contributed by atoms with E-state index in [9.17, 15) is 8.78 Å². The van der Waals surface area contributed by atoms with Crippen LogP contribution in [0.3, 0.4) is 0 Å². The lowest BCUT2D eigenvalue weighted by molar-refractivity contribution is 0.290. The van der Waals surface area contributed by atoms with E-state index in [1.54, 1.807) is 18.2 Å². The highest BCUT2D eigenvalue weighted by atomic mass is 19.1. The van der Waals surface area contributed by atoms with Crippen molar-refractivity contribution in [3.63, 3.8) is 0 Å². The van der Waals surface area contributed by atoms with E-state index in [1.165, 1.54) is 24.3 Å². The minimum atomic E-state index is -0.441. The van der Waals surface area contributed by atoms with Crippen molar-refractivity contribution < 1.29 is 13.5 Å². The van der Waals surface area contributed by atoms with E-state index in [0.717, 1.165) is 0 Å². The SMILES string of the molecule is NCC#Cc1cc(F)ccc1COc1ccccc1F. The maximum absolute atomic E-state index is 13.4. The summed E-state index contributed by atoms with van der Waals surface area (Å²) in [6.45, 7) is 0.292. The average molecular weight is 273 g/mol. The Balaban J connectivity index is 2.19. The van der Waals surface area contributed by atoms with Crippen LogP contribution in [0.2, 0.25) is 0 Å². The lowest BCUT2D eigenvalue weighted by atomic mass is 10.1. The summed E-state index contributed by atoms with van der Waals surface area (Å²) in [5.41, 5.74) is 6.47. The van der Waals surface area contributed by atoms with E-state index in [-0.39, 0.29) is 24.7 Å². The average Bonchev–Trinajstić information content (AvgIpc) is 2.45. The quantitative estimate of drug-likeness (QED) is 0.873. The fourth-order valence-electron chi connectivity index (χ4n) is 1.65. The summed E-state index contributed by atoms with van der Waals surface area (Å²) in [6.07, 6.45) is 0. The van der Waals surface area contributed by atoms with Crippen LogP contribution in [0, 0.1) is 23.5 Å². The Bertz CT molecular complexity index is 659. The maximum atomic E-state index is 13.4. The van der Waals surface area contributed by atoms with E-state index in [4.69, 9.17) is 10.5 Å². The minimum absolute atomic E-state index is 0.107. The third-order valence-corrected chi connectivity index (χ3v) is 2.62. The van der Waals surface area contributed by atoms with Gasteiger partial charge < -0.3 is 10.5 Å². The molecule has 0 atom stereocenters. The van der Waals surface area contributed by atoms with Gasteiger partial charge in [0.25, 0.3) is 0 Å². The Morgan fingerprint density at radius 1 is 1.10 bits per heavy atom. The molecule has 2 nitrogen and oxygen atoms in total. The van der Waals surface area contributed by atoms with Gasteiger partial charge in [0, 0.05) is 11.1 Å². The Labute approximate surface area is 116 Å². The number of para-hydroxylation sites is 1. The molecule has 0 heterocycles. The molecule has 2 aromatic rings. The van der Waals surface area contributed by atoms with Crippen LogP contribution in [0.1, 0.15) is 11.1 Å². The van der Waals surface area contributed by atoms with Crippen LogP contribution < -0.4 is 10.5 Å². The molecular formula is C16H13F2NO. The number of ether oxygens (including phenoxy) is 1. The Morgan fingerprint density at radius 2 is 1.90 bits per heavy atom. The molecule has 0 spiro atoms.